The summed E-state index contributed by atoms with van der Waals surface area (Å²) in [5.41, 5.74) is 2.79. The number of hydrogen-bond donors (Lipinski definition) is 2. The standard InChI is InChI=1S/C25H17ClN4O3S/c1-32-21-5-3-2-4-20(21)30-23(28-24(31)18(13-27)25(30)34)15-8-11-19-17(12-15)22(33-29-19)14-6-9-16(26)10-7-14/h2-12,23,34H,1H3,(H,28,31). The number of aromatic nitrogens is 1. The van der Waals surface area contributed by atoms with Crippen molar-refractivity contribution in [1.82, 2.24) is 10.5 Å². The van der Waals surface area contributed by atoms with Gasteiger partial charge in [-0.3, -0.25) is 4.79 Å². The summed E-state index contributed by atoms with van der Waals surface area (Å²) in [6.07, 6.45) is -0.661. The number of hydrogen-bond acceptors (Lipinski definition) is 7. The van der Waals surface area contributed by atoms with Crippen LogP contribution in [-0.2, 0) is 4.79 Å². The highest BCUT2D eigenvalue weighted by molar-refractivity contribution is 7.84. The number of ether oxygens (including phenoxy) is 1. The lowest BCUT2D eigenvalue weighted by Gasteiger charge is -2.38. The monoisotopic (exact) mass is 488 g/mol. The number of amides is 1. The van der Waals surface area contributed by atoms with Crippen LogP contribution in [0.2, 0.25) is 5.02 Å². The molecule has 1 aliphatic heterocycles. The first-order chi connectivity index (χ1) is 16.5. The highest BCUT2D eigenvalue weighted by Crippen LogP contribution is 2.41. The molecular weight excluding hydrogens is 472 g/mol. The minimum Gasteiger partial charge on any atom is -0.495 e. The number of methoxy groups -OCH3 is 1. The third kappa shape index (κ3) is 3.65. The second-order valence-corrected chi connectivity index (χ2v) is 8.38. The van der Waals surface area contributed by atoms with Crippen LogP contribution < -0.4 is 15.0 Å². The summed E-state index contributed by atoms with van der Waals surface area (Å²) in [6.45, 7) is 0. The molecule has 0 aliphatic carbocycles. The molecule has 0 bridgehead atoms. The van der Waals surface area contributed by atoms with Gasteiger partial charge in [0, 0.05) is 10.6 Å². The van der Waals surface area contributed by atoms with Gasteiger partial charge in [0.2, 0.25) is 0 Å². The number of rotatable bonds is 4. The Morgan fingerprint density at radius 1 is 1.18 bits per heavy atom. The van der Waals surface area contributed by atoms with Crippen LogP contribution in [0.5, 0.6) is 5.75 Å². The minimum atomic E-state index is -0.661. The first kappa shape index (κ1) is 21.9. The average Bonchev–Trinajstić information content (AvgIpc) is 3.28. The molecule has 3 aromatic carbocycles. The van der Waals surface area contributed by atoms with Gasteiger partial charge in [0.15, 0.2) is 5.76 Å². The van der Waals surface area contributed by atoms with Crippen LogP contribution >= 0.6 is 24.2 Å². The van der Waals surface area contributed by atoms with Crippen LogP contribution in [0.25, 0.3) is 22.2 Å². The smallest absolute Gasteiger partial charge is 0.266 e. The van der Waals surface area contributed by atoms with E-state index in [0.29, 0.717) is 27.7 Å². The quantitative estimate of drug-likeness (QED) is 0.371. The SMILES string of the molecule is COc1ccccc1N1C(S)=C(C#N)C(=O)NC1c1ccc2noc(-c3ccc(Cl)cc3)c2c1. The molecule has 0 saturated heterocycles. The molecule has 0 spiro atoms. The molecule has 0 radical (unpaired) electrons. The van der Waals surface area contributed by atoms with E-state index in [-0.39, 0.29) is 10.6 Å². The van der Waals surface area contributed by atoms with Gasteiger partial charge < -0.3 is 19.5 Å². The predicted molar refractivity (Wildman–Crippen MR) is 132 cm³/mol. The van der Waals surface area contributed by atoms with Gasteiger partial charge in [-0.05, 0) is 54.1 Å². The maximum Gasteiger partial charge on any atom is 0.266 e. The predicted octanol–water partition coefficient (Wildman–Crippen LogP) is 5.46. The van der Waals surface area contributed by atoms with E-state index in [1.54, 1.807) is 30.2 Å². The van der Waals surface area contributed by atoms with E-state index in [1.165, 1.54) is 0 Å². The van der Waals surface area contributed by atoms with Crippen molar-refractivity contribution in [3.05, 3.63) is 87.9 Å². The van der Waals surface area contributed by atoms with Crippen molar-refractivity contribution < 1.29 is 14.1 Å². The van der Waals surface area contributed by atoms with E-state index >= 15 is 0 Å². The van der Waals surface area contributed by atoms with Gasteiger partial charge in [0.1, 0.15) is 29.1 Å². The van der Waals surface area contributed by atoms with Crippen LogP contribution in [0, 0.1) is 11.3 Å². The molecule has 1 unspecified atom stereocenters. The number of para-hydroxylation sites is 2. The lowest BCUT2D eigenvalue weighted by molar-refractivity contribution is -0.118. The fourth-order valence-corrected chi connectivity index (χ4v) is 4.46. The van der Waals surface area contributed by atoms with Crippen molar-refractivity contribution in [3.8, 4) is 23.1 Å². The summed E-state index contributed by atoms with van der Waals surface area (Å²) < 4.78 is 11.2. The molecule has 4 aromatic rings. The number of nitrogens with zero attached hydrogens (tertiary/aromatic N) is 3. The normalized spacial score (nSPS) is 15.9. The average molecular weight is 489 g/mol. The van der Waals surface area contributed by atoms with E-state index in [9.17, 15) is 10.1 Å². The second-order valence-electron chi connectivity index (χ2n) is 7.52. The minimum absolute atomic E-state index is 0.0848. The van der Waals surface area contributed by atoms with Crippen molar-refractivity contribution in [2.75, 3.05) is 12.0 Å². The Morgan fingerprint density at radius 3 is 2.68 bits per heavy atom. The Labute approximate surface area is 205 Å². The Morgan fingerprint density at radius 2 is 1.94 bits per heavy atom. The van der Waals surface area contributed by atoms with Gasteiger partial charge in [-0.2, -0.15) is 5.26 Å². The number of carbonyl (C=O) groups excluding carboxylic acids is 1. The van der Waals surface area contributed by atoms with Gasteiger partial charge in [-0.15, -0.1) is 12.6 Å². The molecule has 9 heteroatoms. The highest BCUT2D eigenvalue weighted by Gasteiger charge is 2.35. The van der Waals surface area contributed by atoms with Gasteiger partial charge in [-0.1, -0.05) is 35.0 Å². The summed E-state index contributed by atoms with van der Waals surface area (Å²) in [5.74, 6) is 0.645. The van der Waals surface area contributed by atoms with Crippen LogP contribution in [0.3, 0.4) is 0 Å². The number of benzene rings is 3. The molecule has 1 atom stereocenters. The molecule has 0 fully saturated rings. The zero-order valence-corrected chi connectivity index (χ0v) is 19.5. The van der Waals surface area contributed by atoms with Crippen molar-refractivity contribution in [2.45, 2.75) is 6.17 Å². The van der Waals surface area contributed by atoms with Crippen molar-refractivity contribution >= 4 is 46.7 Å². The van der Waals surface area contributed by atoms with E-state index in [1.807, 2.05) is 54.6 Å². The largest absolute Gasteiger partial charge is 0.495 e. The number of carbonyl (C=O) groups is 1. The van der Waals surface area contributed by atoms with Gasteiger partial charge in [0.05, 0.1) is 23.2 Å². The number of nitriles is 1. The molecule has 34 heavy (non-hydrogen) atoms. The maximum absolute atomic E-state index is 12.7. The second kappa shape index (κ2) is 8.78. The van der Waals surface area contributed by atoms with Gasteiger partial charge in [-0.25, -0.2) is 0 Å². The Hall–Kier alpha value is -3.93. The van der Waals surface area contributed by atoms with Gasteiger partial charge in [0.25, 0.3) is 5.91 Å². The number of fused-ring (bicyclic) bond motifs is 1. The summed E-state index contributed by atoms with van der Waals surface area (Å²) in [5, 5.41) is 18.3. The Kier molecular flexibility index (Phi) is 5.65. The number of anilines is 1. The Balaban J connectivity index is 1.68. The van der Waals surface area contributed by atoms with E-state index in [0.717, 1.165) is 16.5 Å². The molecule has 168 valence electrons. The topological polar surface area (TPSA) is 91.4 Å². The highest BCUT2D eigenvalue weighted by atomic mass is 35.5. The van der Waals surface area contributed by atoms with Crippen LogP contribution in [0.15, 0.2) is 81.9 Å². The summed E-state index contributed by atoms with van der Waals surface area (Å²) in [4.78, 5) is 14.5. The number of halogens is 1. The maximum atomic E-state index is 12.7. The molecular formula is C25H17ClN4O3S. The molecule has 5 rings (SSSR count). The molecule has 1 amide bonds. The summed E-state index contributed by atoms with van der Waals surface area (Å²) >= 11 is 10.6. The third-order valence-electron chi connectivity index (χ3n) is 5.58. The first-order valence-corrected chi connectivity index (χ1v) is 11.1. The lowest BCUT2D eigenvalue weighted by atomic mass is 10.0. The number of nitrogens with one attached hydrogen (secondary N) is 1. The van der Waals surface area contributed by atoms with E-state index in [2.05, 4.69) is 23.1 Å². The van der Waals surface area contributed by atoms with Crippen LogP contribution in [0.4, 0.5) is 5.69 Å². The molecule has 1 N–H and O–H groups in total. The van der Waals surface area contributed by atoms with E-state index < -0.39 is 12.1 Å². The molecule has 2 heterocycles. The van der Waals surface area contributed by atoms with Crippen molar-refractivity contribution in [2.24, 2.45) is 0 Å². The van der Waals surface area contributed by atoms with Crippen molar-refractivity contribution in [3.63, 3.8) is 0 Å². The molecule has 0 saturated carbocycles. The zero-order chi connectivity index (χ0) is 23.8. The first-order valence-electron chi connectivity index (χ1n) is 10.2. The molecule has 1 aliphatic rings. The Bertz CT molecular complexity index is 1490. The lowest BCUT2D eigenvalue weighted by Crippen LogP contribution is -2.46. The number of thiol groups is 1. The van der Waals surface area contributed by atoms with Crippen LogP contribution in [0.1, 0.15) is 11.7 Å². The molecule has 1 aromatic heterocycles. The zero-order valence-electron chi connectivity index (χ0n) is 17.8. The fourth-order valence-electron chi connectivity index (χ4n) is 3.96. The van der Waals surface area contributed by atoms with Gasteiger partial charge >= 0.3 is 0 Å². The fraction of sp³-hybridized carbons (Fsp3) is 0.0800. The third-order valence-corrected chi connectivity index (χ3v) is 6.28. The van der Waals surface area contributed by atoms with E-state index in [4.69, 9.17) is 20.9 Å². The van der Waals surface area contributed by atoms with Crippen molar-refractivity contribution in [1.29, 1.82) is 5.26 Å². The van der Waals surface area contributed by atoms with Crippen LogP contribution in [-0.4, -0.2) is 18.2 Å². The molecule has 7 nitrogen and oxygen atoms in total. The summed E-state index contributed by atoms with van der Waals surface area (Å²) in [6, 6.07) is 22.1. The summed E-state index contributed by atoms with van der Waals surface area (Å²) in [7, 11) is 1.56.